The molecule has 22 heavy (non-hydrogen) atoms. The summed E-state index contributed by atoms with van der Waals surface area (Å²) in [7, 11) is 0. The van der Waals surface area contributed by atoms with Crippen molar-refractivity contribution in [1.82, 2.24) is 0 Å². The molecule has 2 aliphatic rings. The first kappa shape index (κ1) is 16.8. The molecule has 0 bridgehead atoms. The molecule has 2 aliphatic carbocycles. The maximum atomic E-state index is 11.7. The molecular formula is C18H26O4. The van der Waals surface area contributed by atoms with Crippen molar-refractivity contribution >= 4 is 11.9 Å². The summed E-state index contributed by atoms with van der Waals surface area (Å²) < 4.78 is 10.6. The molecule has 0 fully saturated rings. The fraction of sp³-hybridized carbons (Fsp3) is 0.667. The number of hydrogen-bond acceptors (Lipinski definition) is 4. The Labute approximate surface area is 132 Å². The lowest BCUT2D eigenvalue weighted by molar-refractivity contribution is -0.142. The largest absolute Gasteiger partial charge is 0.431 e. The Morgan fingerprint density at radius 3 is 1.59 bits per heavy atom. The smallest absolute Gasteiger partial charge is 0.310 e. The van der Waals surface area contributed by atoms with E-state index in [0.717, 1.165) is 50.0 Å². The van der Waals surface area contributed by atoms with Crippen molar-refractivity contribution in [3.05, 3.63) is 23.7 Å². The number of carbonyl (C=O) groups excluding carboxylic acids is 2. The molecule has 0 saturated carbocycles. The summed E-state index contributed by atoms with van der Waals surface area (Å²) in [6, 6.07) is 0. The highest BCUT2D eigenvalue weighted by Crippen LogP contribution is 2.20. The number of ether oxygens (including phenoxy) is 2. The summed E-state index contributed by atoms with van der Waals surface area (Å²) >= 11 is 0. The van der Waals surface area contributed by atoms with Crippen LogP contribution in [0.1, 0.15) is 77.0 Å². The second-order valence-electron chi connectivity index (χ2n) is 5.99. The summed E-state index contributed by atoms with van der Waals surface area (Å²) in [6.45, 7) is 0. The average molecular weight is 306 g/mol. The summed E-state index contributed by atoms with van der Waals surface area (Å²) in [5.74, 6) is 1.27. The molecule has 0 saturated heterocycles. The fourth-order valence-electron chi connectivity index (χ4n) is 2.74. The van der Waals surface area contributed by atoms with Gasteiger partial charge in [-0.1, -0.05) is 0 Å². The van der Waals surface area contributed by atoms with Crippen LogP contribution in [-0.4, -0.2) is 11.9 Å². The van der Waals surface area contributed by atoms with Gasteiger partial charge in [0.1, 0.15) is 11.5 Å². The van der Waals surface area contributed by atoms with Crippen molar-refractivity contribution in [2.75, 3.05) is 0 Å². The zero-order valence-corrected chi connectivity index (χ0v) is 13.3. The second kappa shape index (κ2) is 9.44. The van der Waals surface area contributed by atoms with Crippen molar-refractivity contribution in [2.45, 2.75) is 77.0 Å². The van der Waals surface area contributed by atoms with E-state index in [1.807, 2.05) is 12.2 Å². The van der Waals surface area contributed by atoms with Gasteiger partial charge in [-0.25, -0.2) is 0 Å². The van der Waals surface area contributed by atoms with Gasteiger partial charge in [-0.2, -0.15) is 0 Å². The molecule has 0 aromatic heterocycles. The van der Waals surface area contributed by atoms with Crippen LogP contribution in [0.5, 0.6) is 0 Å². The number of allylic oxidation sites excluding steroid dienone is 4. The van der Waals surface area contributed by atoms with Gasteiger partial charge in [0.2, 0.25) is 0 Å². The SMILES string of the molecule is O=C(CCCCC(=O)OC1=CCCCC1)OC1=CCCCC1. The molecule has 0 aliphatic heterocycles. The molecule has 0 amide bonds. The Morgan fingerprint density at radius 1 is 0.773 bits per heavy atom. The van der Waals surface area contributed by atoms with Crippen LogP contribution in [0.25, 0.3) is 0 Å². The summed E-state index contributed by atoms with van der Waals surface area (Å²) in [5, 5.41) is 0. The van der Waals surface area contributed by atoms with Crippen LogP contribution >= 0.6 is 0 Å². The normalized spacial score (nSPS) is 18.2. The van der Waals surface area contributed by atoms with E-state index < -0.39 is 0 Å². The molecule has 0 N–H and O–H groups in total. The molecule has 0 radical (unpaired) electrons. The van der Waals surface area contributed by atoms with Crippen LogP contribution in [0.15, 0.2) is 23.7 Å². The predicted molar refractivity (Wildman–Crippen MR) is 83.8 cm³/mol. The Bertz CT molecular complexity index is 406. The number of rotatable bonds is 7. The van der Waals surface area contributed by atoms with E-state index >= 15 is 0 Å². The van der Waals surface area contributed by atoms with E-state index in [0.29, 0.717) is 25.7 Å². The monoisotopic (exact) mass is 306 g/mol. The van der Waals surface area contributed by atoms with E-state index in [4.69, 9.17) is 9.47 Å². The average Bonchev–Trinajstić information content (AvgIpc) is 2.53. The number of hydrogen-bond donors (Lipinski definition) is 0. The van der Waals surface area contributed by atoms with Crippen molar-refractivity contribution < 1.29 is 19.1 Å². The zero-order chi connectivity index (χ0) is 15.6. The lowest BCUT2D eigenvalue weighted by Gasteiger charge is -2.13. The maximum absolute atomic E-state index is 11.7. The second-order valence-corrected chi connectivity index (χ2v) is 5.99. The highest BCUT2D eigenvalue weighted by atomic mass is 16.5. The Hall–Kier alpha value is -1.58. The first-order valence-corrected chi connectivity index (χ1v) is 8.53. The van der Waals surface area contributed by atoms with Gasteiger partial charge in [0.15, 0.2) is 0 Å². The van der Waals surface area contributed by atoms with E-state index in [9.17, 15) is 9.59 Å². The Kier molecular flexibility index (Phi) is 7.20. The van der Waals surface area contributed by atoms with Gasteiger partial charge in [-0.3, -0.25) is 9.59 Å². The maximum Gasteiger partial charge on any atom is 0.310 e. The predicted octanol–water partition coefficient (Wildman–Crippen LogP) is 4.55. The van der Waals surface area contributed by atoms with E-state index in [1.165, 1.54) is 12.8 Å². The molecule has 0 heterocycles. The van der Waals surface area contributed by atoms with Crippen LogP contribution in [0.2, 0.25) is 0 Å². The fourth-order valence-corrected chi connectivity index (χ4v) is 2.74. The highest BCUT2D eigenvalue weighted by molar-refractivity contribution is 5.71. The van der Waals surface area contributed by atoms with Crippen molar-refractivity contribution in [3.8, 4) is 0 Å². The minimum absolute atomic E-state index is 0.184. The number of carbonyl (C=O) groups is 2. The topological polar surface area (TPSA) is 52.6 Å². The van der Waals surface area contributed by atoms with Crippen LogP contribution in [0.3, 0.4) is 0 Å². The molecular weight excluding hydrogens is 280 g/mol. The van der Waals surface area contributed by atoms with E-state index in [-0.39, 0.29) is 11.9 Å². The lowest BCUT2D eigenvalue weighted by atomic mass is 10.1. The molecule has 122 valence electrons. The summed E-state index contributed by atoms with van der Waals surface area (Å²) in [6.07, 6.45) is 14.4. The van der Waals surface area contributed by atoms with Gasteiger partial charge >= 0.3 is 11.9 Å². The number of unbranched alkanes of at least 4 members (excludes halogenated alkanes) is 1. The third kappa shape index (κ3) is 6.46. The van der Waals surface area contributed by atoms with Crippen molar-refractivity contribution in [2.24, 2.45) is 0 Å². The standard InChI is InChI=1S/C18H26O4/c19-17(21-15-9-3-1-4-10-15)13-7-8-14-18(20)22-16-11-5-2-6-12-16/h9,11H,1-8,10,12-14H2. The van der Waals surface area contributed by atoms with Gasteiger partial charge < -0.3 is 9.47 Å². The summed E-state index contributed by atoms with van der Waals surface area (Å²) in [5.41, 5.74) is 0. The molecule has 0 unspecified atom stereocenters. The highest BCUT2D eigenvalue weighted by Gasteiger charge is 2.12. The molecule has 4 heteroatoms. The van der Waals surface area contributed by atoms with Crippen molar-refractivity contribution in [3.63, 3.8) is 0 Å². The minimum Gasteiger partial charge on any atom is -0.431 e. The third-order valence-electron chi connectivity index (χ3n) is 4.00. The zero-order valence-electron chi connectivity index (χ0n) is 13.3. The molecule has 2 rings (SSSR count). The van der Waals surface area contributed by atoms with E-state index in [2.05, 4.69) is 0 Å². The quantitative estimate of drug-likeness (QED) is 0.511. The van der Waals surface area contributed by atoms with Gasteiger partial charge in [-0.05, 0) is 63.5 Å². The van der Waals surface area contributed by atoms with Crippen LogP contribution < -0.4 is 0 Å². The van der Waals surface area contributed by atoms with E-state index in [1.54, 1.807) is 0 Å². The van der Waals surface area contributed by atoms with Crippen molar-refractivity contribution in [1.29, 1.82) is 0 Å². The summed E-state index contributed by atoms with van der Waals surface area (Å²) in [4.78, 5) is 23.4. The van der Waals surface area contributed by atoms with Crippen LogP contribution in [0, 0.1) is 0 Å². The molecule has 0 atom stereocenters. The molecule has 4 nitrogen and oxygen atoms in total. The van der Waals surface area contributed by atoms with Gasteiger partial charge in [0, 0.05) is 25.7 Å². The first-order chi connectivity index (χ1) is 10.7. The minimum atomic E-state index is -0.184. The molecule has 0 spiro atoms. The Morgan fingerprint density at radius 2 is 1.23 bits per heavy atom. The first-order valence-electron chi connectivity index (χ1n) is 8.53. The third-order valence-corrected chi connectivity index (χ3v) is 4.00. The van der Waals surface area contributed by atoms with Gasteiger partial charge in [0.25, 0.3) is 0 Å². The van der Waals surface area contributed by atoms with Gasteiger partial charge in [-0.15, -0.1) is 0 Å². The van der Waals surface area contributed by atoms with Crippen LogP contribution in [-0.2, 0) is 19.1 Å². The van der Waals surface area contributed by atoms with Crippen LogP contribution in [0.4, 0.5) is 0 Å². The Balaban J connectivity index is 1.54. The van der Waals surface area contributed by atoms with Gasteiger partial charge in [0.05, 0.1) is 0 Å². The molecule has 0 aromatic carbocycles. The number of esters is 2. The lowest BCUT2D eigenvalue weighted by Crippen LogP contribution is -2.08. The molecule has 0 aromatic rings.